The van der Waals surface area contributed by atoms with E-state index < -0.39 is 40.2 Å². The first-order valence-electron chi connectivity index (χ1n) is 10.1. The minimum atomic E-state index is -3.00. The fourth-order valence-electron chi connectivity index (χ4n) is 4.70. The number of aliphatic carboxylic acids is 2. The molecular weight excluding hydrogens is 429 g/mol. The largest absolute Gasteiger partial charge is 0.480 e. The zero-order chi connectivity index (χ0) is 22.3. The lowest BCUT2D eigenvalue weighted by atomic mass is 10.0. The molecule has 0 spiro atoms. The first-order valence-corrected chi connectivity index (χ1v) is 11.9. The zero-order valence-electron chi connectivity index (χ0n) is 16.8. The van der Waals surface area contributed by atoms with Crippen LogP contribution in [0.15, 0.2) is 24.4 Å². The van der Waals surface area contributed by atoms with Gasteiger partial charge in [0.25, 0.3) is 0 Å². The molecule has 0 radical (unpaired) electrons. The van der Waals surface area contributed by atoms with Gasteiger partial charge in [0.15, 0.2) is 9.84 Å². The van der Waals surface area contributed by atoms with E-state index in [1.54, 1.807) is 4.90 Å². The molecule has 0 saturated carbocycles. The van der Waals surface area contributed by atoms with Gasteiger partial charge in [-0.25, -0.2) is 12.8 Å². The third-order valence-corrected chi connectivity index (χ3v) is 7.90. The maximum atomic E-state index is 13.8. The van der Waals surface area contributed by atoms with Crippen LogP contribution in [-0.4, -0.2) is 88.7 Å². The van der Waals surface area contributed by atoms with Gasteiger partial charge in [-0.1, -0.05) is 0 Å². The number of rotatable bonds is 6. The van der Waals surface area contributed by atoms with Gasteiger partial charge in [-0.2, -0.15) is 0 Å². The minimum Gasteiger partial charge on any atom is -0.480 e. The highest BCUT2D eigenvalue weighted by atomic mass is 32.2. The van der Waals surface area contributed by atoms with Crippen molar-refractivity contribution in [1.29, 1.82) is 0 Å². The fourth-order valence-corrected chi connectivity index (χ4v) is 6.46. The van der Waals surface area contributed by atoms with E-state index in [1.165, 1.54) is 29.0 Å². The molecule has 4 rings (SSSR count). The van der Waals surface area contributed by atoms with Crippen LogP contribution in [0.4, 0.5) is 4.39 Å². The predicted molar refractivity (Wildman–Crippen MR) is 110 cm³/mol. The number of benzene rings is 1. The SMILES string of the molecule is O=C(O)Cn1cc([C@@H](C(=O)O)N2CCN([C@H]3CCS(=O)(=O)C3)CC2)c2ccc(F)cc21. The van der Waals surface area contributed by atoms with Crippen molar-refractivity contribution in [2.24, 2.45) is 0 Å². The summed E-state index contributed by atoms with van der Waals surface area (Å²) in [4.78, 5) is 27.4. The summed E-state index contributed by atoms with van der Waals surface area (Å²) in [6, 6.07) is 2.87. The van der Waals surface area contributed by atoms with Crippen molar-refractivity contribution in [2.75, 3.05) is 37.7 Å². The highest BCUT2D eigenvalue weighted by molar-refractivity contribution is 7.91. The van der Waals surface area contributed by atoms with Crippen LogP contribution in [0.3, 0.4) is 0 Å². The molecule has 2 aliphatic rings. The molecule has 2 fully saturated rings. The van der Waals surface area contributed by atoms with Crippen molar-refractivity contribution in [3.05, 3.63) is 35.8 Å². The number of hydrogen-bond donors (Lipinski definition) is 2. The molecule has 0 bridgehead atoms. The van der Waals surface area contributed by atoms with E-state index in [0.29, 0.717) is 49.1 Å². The first-order chi connectivity index (χ1) is 14.6. The lowest BCUT2D eigenvalue weighted by molar-refractivity contribution is -0.144. The first kappa shape index (κ1) is 21.7. The van der Waals surface area contributed by atoms with Gasteiger partial charge in [-0.05, 0) is 24.6 Å². The van der Waals surface area contributed by atoms with Crippen molar-refractivity contribution in [1.82, 2.24) is 14.4 Å². The van der Waals surface area contributed by atoms with Crippen molar-refractivity contribution in [3.63, 3.8) is 0 Å². The summed E-state index contributed by atoms with van der Waals surface area (Å²) in [6.07, 6.45) is 2.08. The van der Waals surface area contributed by atoms with Gasteiger partial charge >= 0.3 is 11.9 Å². The summed E-state index contributed by atoms with van der Waals surface area (Å²) in [6.45, 7) is 1.55. The van der Waals surface area contributed by atoms with Crippen LogP contribution in [0, 0.1) is 5.82 Å². The standard InChI is InChI=1S/C20H24FN3O6S/c21-13-1-2-15-16(10-24(11-18(25)26)17(15)9-13)19(20(27)28)23-6-4-22(5-7-23)14-3-8-31(29,30)12-14/h1-2,9-10,14,19H,3-8,11-12H2,(H,25,26)(H,27,28)/t14-,19-/m0/s1. The molecule has 0 aliphatic carbocycles. The van der Waals surface area contributed by atoms with Crippen LogP contribution in [0.2, 0.25) is 0 Å². The van der Waals surface area contributed by atoms with E-state index in [0.717, 1.165) is 0 Å². The van der Waals surface area contributed by atoms with E-state index in [9.17, 15) is 32.6 Å². The van der Waals surface area contributed by atoms with E-state index >= 15 is 0 Å². The van der Waals surface area contributed by atoms with Gasteiger partial charge in [-0.15, -0.1) is 0 Å². The molecule has 9 nitrogen and oxygen atoms in total. The average molecular weight is 453 g/mol. The Balaban J connectivity index is 1.59. The molecule has 1 aromatic carbocycles. The third kappa shape index (κ3) is 4.43. The summed E-state index contributed by atoms with van der Waals surface area (Å²) in [5, 5.41) is 19.7. The quantitative estimate of drug-likeness (QED) is 0.659. The number of piperazine rings is 1. The van der Waals surface area contributed by atoms with Crippen LogP contribution in [0.1, 0.15) is 18.0 Å². The molecule has 2 aromatic rings. The van der Waals surface area contributed by atoms with Crippen LogP contribution < -0.4 is 0 Å². The van der Waals surface area contributed by atoms with E-state index in [4.69, 9.17) is 0 Å². The van der Waals surface area contributed by atoms with E-state index in [-0.39, 0.29) is 17.5 Å². The van der Waals surface area contributed by atoms with Crippen molar-refractivity contribution in [2.45, 2.75) is 25.0 Å². The number of halogens is 1. The number of aromatic nitrogens is 1. The summed E-state index contributed by atoms with van der Waals surface area (Å²) in [5.41, 5.74) is 0.749. The van der Waals surface area contributed by atoms with Gasteiger partial charge in [0.05, 0.1) is 17.0 Å². The number of carboxylic acid groups (broad SMARTS) is 2. The topological polar surface area (TPSA) is 120 Å². The Bertz CT molecular complexity index is 1120. The minimum absolute atomic E-state index is 0.0316. The van der Waals surface area contributed by atoms with Crippen LogP contribution in [-0.2, 0) is 26.0 Å². The van der Waals surface area contributed by atoms with E-state index in [1.807, 2.05) is 0 Å². The molecule has 0 amide bonds. The number of sulfone groups is 1. The van der Waals surface area contributed by atoms with Gasteiger partial charge in [0.2, 0.25) is 0 Å². The van der Waals surface area contributed by atoms with Gasteiger partial charge in [0.1, 0.15) is 18.4 Å². The Morgan fingerprint density at radius 3 is 2.45 bits per heavy atom. The zero-order valence-corrected chi connectivity index (χ0v) is 17.6. The normalized spacial score (nSPS) is 23.2. The smallest absolute Gasteiger partial charge is 0.325 e. The molecule has 2 atom stereocenters. The molecule has 11 heteroatoms. The summed E-state index contributed by atoms with van der Waals surface area (Å²) >= 11 is 0. The van der Waals surface area contributed by atoms with Crippen molar-refractivity contribution >= 4 is 32.7 Å². The fraction of sp³-hybridized carbons (Fsp3) is 0.500. The number of hydrogen-bond acceptors (Lipinski definition) is 6. The number of fused-ring (bicyclic) bond motifs is 1. The molecule has 168 valence electrons. The average Bonchev–Trinajstić information content (AvgIpc) is 3.22. The highest BCUT2D eigenvalue weighted by Crippen LogP contribution is 2.32. The second-order valence-electron chi connectivity index (χ2n) is 8.14. The highest BCUT2D eigenvalue weighted by Gasteiger charge is 2.37. The van der Waals surface area contributed by atoms with Crippen LogP contribution in [0.25, 0.3) is 10.9 Å². The Morgan fingerprint density at radius 2 is 1.87 bits per heavy atom. The lowest BCUT2D eigenvalue weighted by Crippen LogP contribution is -2.52. The Kier molecular flexibility index (Phi) is 5.75. The van der Waals surface area contributed by atoms with E-state index in [2.05, 4.69) is 4.90 Å². The maximum absolute atomic E-state index is 13.8. The summed E-state index contributed by atoms with van der Waals surface area (Å²) < 4.78 is 38.7. The number of carboxylic acids is 2. The van der Waals surface area contributed by atoms with Gasteiger partial charge in [0, 0.05) is 49.4 Å². The van der Waals surface area contributed by atoms with Crippen molar-refractivity contribution < 1.29 is 32.6 Å². The molecule has 2 aliphatic heterocycles. The number of nitrogens with zero attached hydrogens (tertiary/aromatic N) is 3. The molecule has 1 aromatic heterocycles. The lowest BCUT2D eigenvalue weighted by Gasteiger charge is -2.40. The Labute approximate surface area is 178 Å². The van der Waals surface area contributed by atoms with Crippen LogP contribution >= 0.6 is 0 Å². The molecule has 2 N–H and O–H groups in total. The predicted octanol–water partition coefficient (Wildman–Crippen LogP) is 0.795. The Morgan fingerprint density at radius 1 is 1.16 bits per heavy atom. The van der Waals surface area contributed by atoms with Gasteiger partial charge < -0.3 is 14.8 Å². The van der Waals surface area contributed by atoms with Crippen LogP contribution in [0.5, 0.6) is 0 Å². The molecule has 3 heterocycles. The molecule has 2 saturated heterocycles. The maximum Gasteiger partial charge on any atom is 0.325 e. The second kappa shape index (κ2) is 8.21. The molecule has 31 heavy (non-hydrogen) atoms. The molecule has 0 unspecified atom stereocenters. The monoisotopic (exact) mass is 453 g/mol. The Hall–Kier alpha value is -2.50. The second-order valence-corrected chi connectivity index (χ2v) is 10.4. The summed E-state index contributed by atoms with van der Waals surface area (Å²) in [5.74, 6) is -2.38. The summed E-state index contributed by atoms with van der Waals surface area (Å²) in [7, 11) is -3.00. The third-order valence-electron chi connectivity index (χ3n) is 6.15. The number of carbonyl (C=O) groups is 2. The van der Waals surface area contributed by atoms with Crippen molar-refractivity contribution in [3.8, 4) is 0 Å². The molecular formula is C20H24FN3O6S. The van der Waals surface area contributed by atoms with Gasteiger partial charge in [-0.3, -0.25) is 19.4 Å².